The summed E-state index contributed by atoms with van der Waals surface area (Å²) >= 11 is 2.09. The van der Waals surface area contributed by atoms with Crippen LogP contribution < -0.4 is 5.32 Å². The second-order valence-electron chi connectivity index (χ2n) is 4.58. The molecule has 1 N–H and O–H groups in total. The highest BCUT2D eigenvalue weighted by molar-refractivity contribution is 7.99. The van der Waals surface area contributed by atoms with Crippen molar-refractivity contribution in [3.8, 4) is 0 Å². The SMILES string of the molecule is CC(NCC1CCSCC1)c1nccn1C. The molecule has 16 heavy (non-hydrogen) atoms. The summed E-state index contributed by atoms with van der Waals surface area (Å²) in [6.07, 6.45) is 6.60. The molecule has 1 aromatic rings. The Morgan fingerprint density at radius 2 is 2.31 bits per heavy atom. The van der Waals surface area contributed by atoms with Crippen molar-refractivity contribution >= 4 is 11.8 Å². The monoisotopic (exact) mass is 239 g/mol. The lowest BCUT2D eigenvalue weighted by Gasteiger charge is -2.23. The zero-order valence-corrected chi connectivity index (χ0v) is 11.0. The van der Waals surface area contributed by atoms with Crippen molar-refractivity contribution in [3.63, 3.8) is 0 Å². The first kappa shape index (κ1) is 12.0. The van der Waals surface area contributed by atoms with Gasteiger partial charge >= 0.3 is 0 Å². The average molecular weight is 239 g/mol. The third-order valence-electron chi connectivity index (χ3n) is 3.30. The Labute approximate surface area is 102 Å². The number of nitrogens with zero attached hydrogens (tertiary/aromatic N) is 2. The second-order valence-corrected chi connectivity index (χ2v) is 5.81. The Kier molecular flexibility index (Phi) is 4.29. The lowest BCUT2D eigenvalue weighted by atomic mass is 10.0. The van der Waals surface area contributed by atoms with E-state index in [4.69, 9.17) is 0 Å². The van der Waals surface area contributed by atoms with Crippen LogP contribution in [-0.2, 0) is 7.05 Å². The minimum Gasteiger partial charge on any atom is -0.337 e. The number of imidazole rings is 1. The zero-order chi connectivity index (χ0) is 11.4. The predicted molar refractivity (Wildman–Crippen MR) is 69.7 cm³/mol. The fourth-order valence-corrected chi connectivity index (χ4v) is 3.38. The van der Waals surface area contributed by atoms with E-state index in [0.29, 0.717) is 6.04 Å². The average Bonchev–Trinajstić information content (AvgIpc) is 2.74. The van der Waals surface area contributed by atoms with Crippen LogP contribution in [0.3, 0.4) is 0 Å². The van der Waals surface area contributed by atoms with E-state index >= 15 is 0 Å². The summed E-state index contributed by atoms with van der Waals surface area (Å²) in [5.74, 6) is 4.67. The molecule has 0 aromatic carbocycles. The maximum absolute atomic E-state index is 4.38. The Bertz CT molecular complexity index is 318. The van der Waals surface area contributed by atoms with Crippen molar-refractivity contribution in [2.45, 2.75) is 25.8 Å². The van der Waals surface area contributed by atoms with Gasteiger partial charge in [-0.15, -0.1) is 0 Å². The van der Waals surface area contributed by atoms with E-state index in [1.165, 1.54) is 24.3 Å². The van der Waals surface area contributed by atoms with Gasteiger partial charge in [0.25, 0.3) is 0 Å². The smallest absolute Gasteiger partial charge is 0.125 e. The molecule has 0 spiro atoms. The van der Waals surface area contributed by atoms with Crippen molar-refractivity contribution in [1.82, 2.24) is 14.9 Å². The Balaban J connectivity index is 1.79. The van der Waals surface area contributed by atoms with Crippen LogP contribution in [0.25, 0.3) is 0 Å². The van der Waals surface area contributed by atoms with E-state index in [9.17, 15) is 0 Å². The molecule has 4 heteroatoms. The first-order valence-corrected chi connectivity index (χ1v) is 7.21. The fourth-order valence-electron chi connectivity index (χ4n) is 2.18. The summed E-state index contributed by atoms with van der Waals surface area (Å²) < 4.78 is 2.09. The summed E-state index contributed by atoms with van der Waals surface area (Å²) in [5.41, 5.74) is 0. The summed E-state index contributed by atoms with van der Waals surface area (Å²) in [6.45, 7) is 3.33. The van der Waals surface area contributed by atoms with E-state index in [2.05, 4.69) is 40.6 Å². The van der Waals surface area contributed by atoms with Gasteiger partial charge in [0.05, 0.1) is 6.04 Å². The summed E-state index contributed by atoms with van der Waals surface area (Å²) in [7, 11) is 2.05. The van der Waals surface area contributed by atoms with E-state index in [0.717, 1.165) is 18.3 Å². The van der Waals surface area contributed by atoms with E-state index < -0.39 is 0 Å². The molecule has 3 nitrogen and oxygen atoms in total. The molecule has 2 heterocycles. The van der Waals surface area contributed by atoms with Crippen molar-refractivity contribution in [2.75, 3.05) is 18.1 Å². The maximum Gasteiger partial charge on any atom is 0.125 e. The number of aryl methyl sites for hydroxylation is 1. The van der Waals surface area contributed by atoms with Crippen LogP contribution in [-0.4, -0.2) is 27.6 Å². The lowest BCUT2D eigenvalue weighted by Crippen LogP contribution is -2.29. The molecule has 0 amide bonds. The molecule has 0 aliphatic carbocycles. The standard InChI is InChI=1S/C12H21N3S/c1-10(12-13-5-6-15(12)2)14-9-11-3-7-16-8-4-11/h5-6,10-11,14H,3-4,7-9H2,1-2H3. The molecule has 0 saturated carbocycles. The molecule has 0 radical (unpaired) electrons. The first-order valence-electron chi connectivity index (χ1n) is 6.05. The summed E-state index contributed by atoms with van der Waals surface area (Å²) in [5, 5.41) is 3.60. The highest BCUT2D eigenvalue weighted by Gasteiger charge is 2.16. The molecule has 1 fully saturated rings. The third kappa shape index (κ3) is 3.01. The van der Waals surface area contributed by atoms with Gasteiger partial charge in [-0.25, -0.2) is 4.98 Å². The van der Waals surface area contributed by atoms with Gasteiger partial charge in [-0.1, -0.05) is 0 Å². The number of hydrogen-bond acceptors (Lipinski definition) is 3. The molecule has 1 aliphatic heterocycles. The summed E-state index contributed by atoms with van der Waals surface area (Å²) in [4.78, 5) is 4.38. The lowest BCUT2D eigenvalue weighted by molar-refractivity contribution is 0.411. The molecule has 1 aliphatic rings. The molecular formula is C12H21N3S. The molecular weight excluding hydrogens is 218 g/mol. The second kappa shape index (κ2) is 5.73. The largest absolute Gasteiger partial charge is 0.337 e. The van der Waals surface area contributed by atoms with Gasteiger partial charge in [0.1, 0.15) is 5.82 Å². The zero-order valence-electron chi connectivity index (χ0n) is 10.1. The van der Waals surface area contributed by atoms with Crippen LogP contribution in [0.15, 0.2) is 12.4 Å². The molecule has 2 rings (SSSR count). The van der Waals surface area contributed by atoms with Gasteiger partial charge < -0.3 is 9.88 Å². The van der Waals surface area contributed by atoms with Crippen molar-refractivity contribution in [3.05, 3.63) is 18.2 Å². The Hall–Kier alpha value is -0.480. The molecule has 0 bridgehead atoms. The topological polar surface area (TPSA) is 29.9 Å². The van der Waals surface area contributed by atoms with Crippen LogP contribution >= 0.6 is 11.8 Å². The number of thioether (sulfide) groups is 1. The van der Waals surface area contributed by atoms with Crippen molar-refractivity contribution < 1.29 is 0 Å². The molecule has 1 unspecified atom stereocenters. The molecule has 90 valence electrons. The van der Waals surface area contributed by atoms with Gasteiger partial charge in [0.2, 0.25) is 0 Å². The van der Waals surface area contributed by atoms with Gasteiger partial charge in [0, 0.05) is 19.4 Å². The number of nitrogens with one attached hydrogen (secondary N) is 1. The highest BCUT2D eigenvalue weighted by atomic mass is 32.2. The van der Waals surface area contributed by atoms with E-state index in [1.54, 1.807) is 0 Å². The van der Waals surface area contributed by atoms with Crippen LogP contribution in [0, 0.1) is 5.92 Å². The quantitative estimate of drug-likeness (QED) is 0.873. The summed E-state index contributed by atoms with van der Waals surface area (Å²) in [6, 6.07) is 0.356. The predicted octanol–water partition coefficient (Wildman–Crippen LogP) is 2.21. The normalized spacial score (nSPS) is 19.9. The minimum atomic E-state index is 0.356. The van der Waals surface area contributed by atoms with E-state index in [1.807, 2.05) is 12.4 Å². The Morgan fingerprint density at radius 3 is 2.94 bits per heavy atom. The van der Waals surface area contributed by atoms with Gasteiger partial charge in [-0.05, 0) is 43.7 Å². The maximum atomic E-state index is 4.38. The highest BCUT2D eigenvalue weighted by Crippen LogP contribution is 2.22. The fraction of sp³-hybridized carbons (Fsp3) is 0.750. The number of rotatable bonds is 4. The molecule has 1 atom stereocenters. The minimum absolute atomic E-state index is 0.356. The first-order chi connectivity index (χ1) is 7.77. The van der Waals surface area contributed by atoms with Crippen molar-refractivity contribution in [1.29, 1.82) is 0 Å². The van der Waals surface area contributed by atoms with Crippen LogP contribution in [0.1, 0.15) is 31.6 Å². The van der Waals surface area contributed by atoms with Gasteiger partial charge in [-0.3, -0.25) is 0 Å². The molecule has 1 saturated heterocycles. The molecule has 1 aromatic heterocycles. The van der Waals surface area contributed by atoms with Crippen LogP contribution in [0.2, 0.25) is 0 Å². The number of hydrogen-bond donors (Lipinski definition) is 1. The Morgan fingerprint density at radius 1 is 1.56 bits per heavy atom. The van der Waals surface area contributed by atoms with Gasteiger partial charge in [-0.2, -0.15) is 11.8 Å². The third-order valence-corrected chi connectivity index (χ3v) is 4.35. The van der Waals surface area contributed by atoms with Crippen molar-refractivity contribution in [2.24, 2.45) is 13.0 Å². The van der Waals surface area contributed by atoms with Gasteiger partial charge in [0.15, 0.2) is 0 Å². The van der Waals surface area contributed by atoms with Crippen LogP contribution in [0.4, 0.5) is 0 Å². The number of aromatic nitrogens is 2. The van der Waals surface area contributed by atoms with Crippen LogP contribution in [0.5, 0.6) is 0 Å². The van der Waals surface area contributed by atoms with E-state index in [-0.39, 0.29) is 0 Å².